The van der Waals surface area contributed by atoms with Gasteiger partial charge in [0.25, 0.3) is 0 Å². The third-order valence-corrected chi connectivity index (χ3v) is 8.64. The fourth-order valence-electron chi connectivity index (χ4n) is 3.89. The zero-order valence-electron chi connectivity index (χ0n) is 18.3. The lowest BCUT2D eigenvalue weighted by Gasteiger charge is -2.34. The van der Waals surface area contributed by atoms with E-state index in [2.05, 4.69) is 32.0 Å². The molecule has 1 aliphatic rings. The lowest BCUT2D eigenvalue weighted by Crippen LogP contribution is -2.49. The van der Waals surface area contributed by atoms with E-state index in [-0.39, 0.29) is 13.1 Å². The summed E-state index contributed by atoms with van der Waals surface area (Å²) in [6, 6.07) is 10.6. The molecule has 0 saturated carbocycles. The number of alkyl halides is 3. The molecule has 0 N–H and O–H groups in total. The molecule has 0 bridgehead atoms. The van der Waals surface area contributed by atoms with Crippen LogP contribution in [0.5, 0.6) is 0 Å². The lowest BCUT2D eigenvalue weighted by atomic mass is 10.0. The lowest BCUT2D eigenvalue weighted by molar-refractivity contribution is -0.139. The monoisotopic (exact) mass is 495 g/mol. The number of halogens is 3. The first-order chi connectivity index (χ1) is 15.6. The van der Waals surface area contributed by atoms with Crippen molar-refractivity contribution < 1.29 is 21.6 Å². The Bertz CT molecular complexity index is 1250. The van der Waals surface area contributed by atoms with E-state index in [0.29, 0.717) is 19.5 Å². The second-order valence-electron chi connectivity index (χ2n) is 8.11. The first-order valence-electron chi connectivity index (χ1n) is 10.5. The van der Waals surface area contributed by atoms with Gasteiger partial charge in [0.1, 0.15) is 0 Å². The van der Waals surface area contributed by atoms with Crippen molar-refractivity contribution in [1.82, 2.24) is 9.29 Å². The van der Waals surface area contributed by atoms with Crippen LogP contribution >= 0.6 is 11.3 Å². The molecule has 176 valence electrons. The molecule has 10 heteroatoms. The summed E-state index contributed by atoms with van der Waals surface area (Å²) < 4.78 is 67.1. The standard InChI is InChI=1S/C23H24F3N3O2S2/c1-16-7-8-17(2)18(13-16)14-19-15-32-22(27-19)28-9-11-29(12-10-28)33(30,31)21-6-4-3-5-20(21)23(24,25)26/h3-8,13,15H,9-12,14H2,1-2H3. The number of aryl methyl sites for hydroxylation is 2. The molecule has 0 radical (unpaired) electrons. The molecule has 0 amide bonds. The number of anilines is 1. The van der Waals surface area contributed by atoms with Gasteiger partial charge >= 0.3 is 6.18 Å². The highest BCUT2D eigenvalue weighted by molar-refractivity contribution is 7.89. The second-order valence-corrected chi connectivity index (χ2v) is 10.9. The van der Waals surface area contributed by atoms with Crippen LogP contribution in [0, 0.1) is 13.8 Å². The first-order valence-corrected chi connectivity index (χ1v) is 12.8. The molecular weight excluding hydrogens is 471 g/mol. The number of rotatable bonds is 5. The van der Waals surface area contributed by atoms with E-state index in [9.17, 15) is 21.6 Å². The molecule has 4 rings (SSSR count). The molecule has 0 unspecified atom stereocenters. The molecule has 1 saturated heterocycles. The number of hydrogen-bond donors (Lipinski definition) is 0. The summed E-state index contributed by atoms with van der Waals surface area (Å²) in [6.45, 7) is 5.04. The SMILES string of the molecule is Cc1ccc(C)c(Cc2csc(N3CCN(S(=O)(=O)c4ccccc4C(F)(F)F)CC3)n2)c1. The summed E-state index contributed by atoms with van der Waals surface area (Å²) in [4.78, 5) is 6.01. The molecule has 33 heavy (non-hydrogen) atoms. The van der Waals surface area contributed by atoms with Gasteiger partial charge in [-0.25, -0.2) is 13.4 Å². The Balaban J connectivity index is 1.45. The van der Waals surface area contributed by atoms with Gasteiger partial charge in [0.05, 0.1) is 16.2 Å². The van der Waals surface area contributed by atoms with Gasteiger partial charge in [-0.3, -0.25) is 0 Å². The fourth-order valence-corrected chi connectivity index (χ4v) is 6.41. The van der Waals surface area contributed by atoms with E-state index in [0.717, 1.165) is 27.3 Å². The average molecular weight is 496 g/mol. The molecule has 3 aromatic rings. The normalized spacial score (nSPS) is 15.7. The van der Waals surface area contributed by atoms with Gasteiger partial charge < -0.3 is 4.90 Å². The largest absolute Gasteiger partial charge is 0.417 e. The van der Waals surface area contributed by atoms with Crippen LogP contribution in [0.3, 0.4) is 0 Å². The molecule has 0 atom stereocenters. The molecule has 0 aliphatic carbocycles. The summed E-state index contributed by atoms with van der Waals surface area (Å²) in [5.41, 5.74) is 3.41. The van der Waals surface area contributed by atoms with Gasteiger partial charge in [0.15, 0.2) is 5.13 Å². The number of hydrogen-bond acceptors (Lipinski definition) is 5. The van der Waals surface area contributed by atoms with Crippen LogP contribution in [0.2, 0.25) is 0 Å². The molecule has 1 aromatic heterocycles. The summed E-state index contributed by atoms with van der Waals surface area (Å²) in [5.74, 6) is 0. The molecule has 2 aromatic carbocycles. The van der Waals surface area contributed by atoms with Gasteiger partial charge in [0, 0.05) is 38.0 Å². The van der Waals surface area contributed by atoms with Crippen molar-refractivity contribution in [1.29, 1.82) is 0 Å². The van der Waals surface area contributed by atoms with Gasteiger partial charge in [-0.2, -0.15) is 17.5 Å². The Labute approximate surface area is 195 Å². The number of sulfonamides is 1. The van der Waals surface area contributed by atoms with Crippen molar-refractivity contribution in [2.75, 3.05) is 31.1 Å². The maximum Gasteiger partial charge on any atom is 0.417 e. The molecule has 2 heterocycles. The summed E-state index contributed by atoms with van der Waals surface area (Å²) >= 11 is 1.49. The smallest absolute Gasteiger partial charge is 0.345 e. The zero-order chi connectivity index (χ0) is 23.8. The Hall–Kier alpha value is -2.43. The molecule has 1 fully saturated rings. The number of benzene rings is 2. The van der Waals surface area contributed by atoms with E-state index >= 15 is 0 Å². The number of thiazole rings is 1. The average Bonchev–Trinajstić information content (AvgIpc) is 3.24. The van der Waals surface area contributed by atoms with Crippen LogP contribution in [0.15, 0.2) is 52.7 Å². The van der Waals surface area contributed by atoms with Crippen LogP contribution in [0.25, 0.3) is 0 Å². The zero-order valence-corrected chi connectivity index (χ0v) is 19.9. The van der Waals surface area contributed by atoms with Crippen molar-refractivity contribution in [3.8, 4) is 0 Å². The van der Waals surface area contributed by atoms with Crippen LogP contribution in [-0.4, -0.2) is 43.9 Å². The van der Waals surface area contributed by atoms with Crippen molar-refractivity contribution in [2.24, 2.45) is 0 Å². The minimum Gasteiger partial charge on any atom is -0.345 e. The van der Waals surface area contributed by atoms with Crippen LogP contribution in [0.1, 0.15) is 27.9 Å². The predicted octanol–water partition coefficient (Wildman–Crippen LogP) is 4.88. The quantitative estimate of drug-likeness (QED) is 0.506. The number of piperazine rings is 1. The van der Waals surface area contributed by atoms with Gasteiger partial charge in [-0.05, 0) is 37.1 Å². The van der Waals surface area contributed by atoms with E-state index < -0.39 is 26.7 Å². The summed E-state index contributed by atoms with van der Waals surface area (Å²) in [6.07, 6.45) is -4.02. The van der Waals surface area contributed by atoms with Gasteiger partial charge in [-0.1, -0.05) is 35.9 Å². The van der Waals surface area contributed by atoms with Crippen molar-refractivity contribution in [3.05, 3.63) is 75.8 Å². The highest BCUT2D eigenvalue weighted by atomic mass is 32.2. The van der Waals surface area contributed by atoms with Crippen LogP contribution in [-0.2, 0) is 22.6 Å². The number of nitrogens with zero attached hydrogens (tertiary/aromatic N) is 3. The fraction of sp³-hybridized carbons (Fsp3) is 0.348. The Kier molecular flexibility index (Phi) is 6.52. The van der Waals surface area contributed by atoms with Gasteiger partial charge in [0.2, 0.25) is 10.0 Å². The maximum absolute atomic E-state index is 13.3. The van der Waals surface area contributed by atoms with E-state index in [1.807, 2.05) is 10.3 Å². The topological polar surface area (TPSA) is 53.5 Å². The minimum atomic E-state index is -4.74. The van der Waals surface area contributed by atoms with Gasteiger partial charge in [-0.15, -0.1) is 11.3 Å². The molecule has 1 aliphatic heterocycles. The maximum atomic E-state index is 13.3. The van der Waals surface area contributed by atoms with E-state index in [1.165, 1.54) is 40.2 Å². The van der Waals surface area contributed by atoms with E-state index in [1.54, 1.807) is 0 Å². The van der Waals surface area contributed by atoms with Crippen molar-refractivity contribution >= 4 is 26.5 Å². The van der Waals surface area contributed by atoms with Crippen molar-refractivity contribution in [2.45, 2.75) is 31.3 Å². The molecule has 0 spiro atoms. The summed E-state index contributed by atoms with van der Waals surface area (Å²) in [5, 5.41) is 2.79. The Morgan fingerprint density at radius 1 is 1.03 bits per heavy atom. The van der Waals surface area contributed by atoms with Crippen LogP contribution < -0.4 is 4.90 Å². The summed E-state index contributed by atoms with van der Waals surface area (Å²) in [7, 11) is -4.26. The highest BCUT2D eigenvalue weighted by Gasteiger charge is 2.39. The minimum absolute atomic E-state index is 0.0976. The number of aromatic nitrogens is 1. The van der Waals surface area contributed by atoms with Crippen molar-refractivity contribution in [3.63, 3.8) is 0 Å². The second kappa shape index (κ2) is 9.08. The van der Waals surface area contributed by atoms with E-state index in [4.69, 9.17) is 4.98 Å². The molecular formula is C23H24F3N3O2S2. The Morgan fingerprint density at radius 2 is 1.73 bits per heavy atom. The third kappa shape index (κ3) is 5.07. The third-order valence-electron chi connectivity index (χ3n) is 5.74. The first kappa shape index (κ1) is 23.7. The highest BCUT2D eigenvalue weighted by Crippen LogP contribution is 2.35. The predicted molar refractivity (Wildman–Crippen MR) is 123 cm³/mol. The molecule has 5 nitrogen and oxygen atoms in total. The van der Waals surface area contributed by atoms with Crippen LogP contribution in [0.4, 0.5) is 18.3 Å². The Morgan fingerprint density at radius 3 is 2.42 bits per heavy atom.